The molecule has 1 amide bonds. The molecule has 1 aromatic carbocycles. The van der Waals surface area contributed by atoms with Crippen molar-refractivity contribution in [3.63, 3.8) is 0 Å². The Bertz CT molecular complexity index is 542. The average molecular weight is 351 g/mol. The molecule has 132 valence electrons. The van der Waals surface area contributed by atoms with Crippen LogP contribution in [0, 0.1) is 5.92 Å². The molecule has 0 bridgehead atoms. The molecular formula is C18H27ClN4O. The Kier molecular flexibility index (Phi) is 6.11. The van der Waals surface area contributed by atoms with E-state index in [9.17, 15) is 4.79 Å². The predicted molar refractivity (Wildman–Crippen MR) is 96.7 cm³/mol. The fourth-order valence-electron chi connectivity index (χ4n) is 3.65. The molecule has 0 spiro atoms. The van der Waals surface area contributed by atoms with Crippen LogP contribution in [0.15, 0.2) is 24.3 Å². The van der Waals surface area contributed by atoms with Crippen LogP contribution in [0.1, 0.15) is 37.8 Å². The molecular weight excluding hydrogens is 324 g/mol. The second-order valence-corrected chi connectivity index (χ2v) is 7.22. The molecule has 5 nitrogen and oxygen atoms in total. The van der Waals surface area contributed by atoms with E-state index in [4.69, 9.17) is 11.6 Å². The molecule has 0 saturated carbocycles. The lowest BCUT2D eigenvalue weighted by Gasteiger charge is -2.33. The van der Waals surface area contributed by atoms with Crippen molar-refractivity contribution < 1.29 is 4.79 Å². The number of hydrogen-bond donors (Lipinski definition) is 3. The highest BCUT2D eigenvalue weighted by Crippen LogP contribution is 2.26. The van der Waals surface area contributed by atoms with Crippen molar-refractivity contribution in [1.29, 1.82) is 0 Å². The molecule has 2 saturated heterocycles. The van der Waals surface area contributed by atoms with Crippen LogP contribution in [0.3, 0.4) is 0 Å². The first kappa shape index (κ1) is 17.7. The van der Waals surface area contributed by atoms with E-state index in [0.717, 1.165) is 38.0 Å². The van der Waals surface area contributed by atoms with Crippen LogP contribution in [-0.4, -0.2) is 43.0 Å². The van der Waals surface area contributed by atoms with Gasteiger partial charge in [-0.25, -0.2) is 5.43 Å². The zero-order valence-corrected chi connectivity index (χ0v) is 15.0. The van der Waals surface area contributed by atoms with Crippen molar-refractivity contribution >= 4 is 17.5 Å². The van der Waals surface area contributed by atoms with Crippen LogP contribution in [0.4, 0.5) is 0 Å². The lowest BCUT2D eigenvalue weighted by Crippen LogP contribution is -2.47. The number of nitrogens with one attached hydrogen (secondary N) is 3. The number of likely N-dealkylation sites (tertiary alicyclic amines) is 1. The third kappa shape index (κ3) is 4.28. The SMILES string of the molecule is CCCN1CCC(NC(=O)C2CNNC2c2ccc(Cl)cc2)CC1. The van der Waals surface area contributed by atoms with E-state index in [1.165, 1.54) is 6.42 Å². The van der Waals surface area contributed by atoms with E-state index >= 15 is 0 Å². The maximum Gasteiger partial charge on any atom is 0.226 e. The van der Waals surface area contributed by atoms with Gasteiger partial charge in [-0.2, -0.15) is 0 Å². The molecule has 2 aliphatic heterocycles. The van der Waals surface area contributed by atoms with Gasteiger partial charge >= 0.3 is 0 Å². The molecule has 0 aromatic heterocycles. The first-order chi connectivity index (χ1) is 11.7. The van der Waals surface area contributed by atoms with Crippen LogP contribution in [0.2, 0.25) is 5.02 Å². The van der Waals surface area contributed by atoms with Gasteiger partial charge in [-0.15, -0.1) is 0 Å². The first-order valence-corrected chi connectivity index (χ1v) is 9.31. The minimum atomic E-state index is -0.0974. The van der Waals surface area contributed by atoms with Gasteiger partial charge in [-0.1, -0.05) is 30.7 Å². The molecule has 24 heavy (non-hydrogen) atoms. The average Bonchev–Trinajstić information content (AvgIpc) is 3.07. The van der Waals surface area contributed by atoms with Crippen molar-refractivity contribution in [2.24, 2.45) is 5.92 Å². The number of hydrazine groups is 1. The number of benzene rings is 1. The van der Waals surface area contributed by atoms with Gasteiger partial charge in [-0.05, 0) is 43.5 Å². The lowest BCUT2D eigenvalue weighted by molar-refractivity contribution is -0.126. The largest absolute Gasteiger partial charge is 0.353 e. The smallest absolute Gasteiger partial charge is 0.226 e. The topological polar surface area (TPSA) is 56.4 Å². The Hall–Kier alpha value is -1.14. The summed E-state index contributed by atoms with van der Waals surface area (Å²) < 4.78 is 0. The molecule has 1 aromatic rings. The maximum atomic E-state index is 12.7. The summed E-state index contributed by atoms with van der Waals surface area (Å²) >= 11 is 5.96. The van der Waals surface area contributed by atoms with E-state index in [-0.39, 0.29) is 17.9 Å². The van der Waals surface area contributed by atoms with E-state index < -0.39 is 0 Å². The van der Waals surface area contributed by atoms with E-state index in [0.29, 0.717) is 17.6 Å². The molecule has 3 rings (SSSR count). The zero-order valence-electron chi connectivity index (χ0n) is 14.2. The summed E-state index contributed by atoms with van der Waals surface area (Å²) in [5.74, 6) is 0.0428. The van der Waals surface area contributed by atoms with E-state index in [2.05, 4.69) is 28.0 Å². The Morgan fingerprint density at radius 1 is 1.29 bits per heavy atom. The van der Waals surface area contributed by atoms with Crippen molar-refractivity contribution in [2.45, 2.75) is 38.3 Å². The van der Waals surface area contributed by atoms with Crippen molar-refractivity contribution in [3.8, 4) is 0 Å². The number of hydrogen-bond acceptors (Lipinski definition) is 4. The number of piperidine rings is 1. The lowest BCUT2D eigenvalue weighted by atomic mass is 9.93. The van der Waals surface area contributed by atoms with Gasteiger partial charge in [0.1, 0.15) is 0 Å². The fraction of sp³-hybridized carbons (Fsp3) is 0.611. The van der Waals surface area contributed by atoms with Crippen molar-refractivity contribution in [2.75, 3.05) is 26.2 Å². The van der Waals surface area contributed by atoms with E-state index in [1.54, 1.807) is 0 Å². The number of halogens is 1. The normalized spacial score (nSPS) is 25.8. The third-order valence-corrected chi connectivity index (χ3v) is 5.27. The summed E-state index contributed by atoms with van der Waals surface area (Å²) in [6.07, 6.45) is 3.29. The summed E-state index contributed by atoms with van der Waals surface area (Å²) in [6.45, 7) is 6.19. The quantitative estimate of drug-likeness (QED) is 0.761. The predicted octanol–water partition coefficient (Wildman–Crippen LogP) is 2.10. The highest BCUT2D eigenvalue weighted by molar-refractivity contribution is 6.30. The van der Waals surface area contributed by atoms with Crippen LogP contribution in [-0.2, 0) is 4.79 Å². The maximum absolute atomic E-state index is 12.7. The Morgan fingerprint density at radius 3 is 2.67 bits per heavy atom. The van der Waals surface area contributed by atoms with Gasteiger partial charge in [0.15, 0.2) is 0 Å². The first-order valence-electron chi connectivity index (χ1n) is 8.94. The van der Waals surface area contributed by atoms with Gasteiger partial charge in [0.2, 0.25) is 5.91 Å². The standard InChI is InChI=1S/C18H27ClN4O/c1-2-9-23-10-7-15(8-11-23)21-18(24)16-12-20-22-17(16)13-3-5-14(19)6-4-13/h3-6,15-17,20,22H,2,7-12H2,1H3,(H,21,24). The molecule has 2 fully saturated rings. The summed E-state index contributed by atoms with van der Waals surface area (Å²) in [4.78, 5) is 15.2. The number of nitrogens with zero attached hydrogens (tertiary/aromatic N) is 1. The summed E-state index contributed by atoms with van der Waals surface area (Å²) in [6, 6.07) is 8.00. The molecule has 0 aliphatic carbocycles. The Balaban J connectivity index is 1.55. The second-order valence-electron chi connectivity index (χ2n) is 6.79. The Labute approximate surface area is 149 Å². The summed E-state index contributed by atoms with van der Waals surface area (Å²) in [5, 5.41) is 3.98. The molecule has 2 heterocycles. The summed E-state index contributed by atoms with van der Waals surface area (Å²) in [7, 11) is 0. The minimum Gasteiger partial charge on any atom is -0.353 e. The highest BCUT2D eigenvalue weighted by atomic mass is 35.5. The van der Waals surface area contributed by atoms with Crippen LogP contribution < -0.4 is 16.2 Å². The molecule has 0 radical (unpaired) electrons. The fourth-order valence-corrected chi connectivity index (χ4v) is 3.78. The number of amides is 1. The summed E-state index contributed by atoms with van der Waals surface area (Å²) in [5.41, 5.74) is 7.43. The van der Waals surface area contributed by atoms with Gasteiger partial charge in [0, 0.05) is 30.7 Å². The van der Waals surface area contributed by atoms with Crippen molar-refractivity contribution in [3.05, 3.63) is 34.9 Å². The zero-order chi connectivity index (χ0) is 16.9. The minimum absolute atomic E-state index is 0.0116. The monoisotopic (exact) mass is 350 g/mol. The van der Waals surface area contributed by atoms with Crippen molar-refractivity contribution in [1.82, 2.24) is 21.1 Å². The molecule has 6 heteroatoms. The molecule has 2 atom stereocenters. The van der Waals surface area contributed by atoms with Gasteiger partial charge in [0.05, 0.1) is 12.0 Å². The second kappa shape index (κ2) is 8.30. The highest BCUT2D eigenvalue weighted by Gasteiger charge is 2.35. The van der Waals surface area contributed by atoms with Gasteiger partial charge in [0.25, 0.3) is 0 Å². The van der Waals surface area contributed by atoms with E-state index in [1.807, 2.05) is 24.3 Å². The molecule has 2 unspecified atom stereocenters. The third-order valence-electron chi connectivity index (χ3n) is 5.02. The van der Waals surface area contributed by atoms with Crippen LogP contribution in [0.5, 0.6) is 0 Å². The van der Waals surface area contributed by atoms with Crippen LogP contribution >= 0.6 is 11.6 Å². The number of rotatable bonds is 5. The van der Waals surface area contributed by atoms with Crippen LogP contribution in [0.25, 0.3) is 0 Å². The Morgan fingerprint density at radius 2 is 2.00 bits per heavy atom. The van der Waals surface area contributed by atoms with Gasteiger partial charge in [-0.3, -0.25) is 10.2 Å². The molecule has 3 N–H and O–H groups in total. The molecule has 2 aliphatic rings. The number of carbonyl (C=O) groups is 1. The van der Waals surface area contributed by atoms with Gasteiger partial charge < -0.3 is 10.2 Å². The number of carbonyl (C=O) groups excluding carboxylic acids is 1.